The Hall–Kier alpha value is -2.60. The molecule has 0 aliphatic heterocycles. The van der Waals surface area contributed by atoms with Crippen LogP contribution in [0.3, 0.4) is 0 Å². The van der Waals surface area contributed by atoms with E-state index in [1.807, 2.05) is 42.5 Å². The van der Waals surface area contributed by atoms with E-state index in [4.69, 9.17) is 9.26 Å². The summed E-state index contributed by atoms with van der Waals surface area (Å²) in [4.78, 5) is 12.6. The third-order valence-corrected chi connectivity index (χ3v) is 5.29. The number of ether oxygens (including phenoxy) is 1. The Morgan fingerprint density at radius 2 is 2.00 bits per heavy atom. The number of halogens is 1. The van der Waals surface area contributed by atoms with E-state index in [-0.39, 0.29) is 6.10 Å². The number of benzene rings is 2. The minimum Gasteiger partial charge on any atom is -0.441 e. The summed E-state index contributed by atoms with van der Waals surface area (Å²) in [6.07, 6.45) is 2.13. The van der Waals surface area contributed by atoms with Crippen molar-refractivity contribution in [3.05, 3.63) is 69.8 Å². The number of fused-ring (bicyclic) bond motifs is 1. The summed E-state index contributed by atoms with van der Waals surface area (Å²) in [5, 5.41) is 6.82. The minimum absolute atomic E-state index is 0.230. The first kappa shape index (κ1) is 17.8. The van der Waals surface area contributed by atoms with E-state index >= 15 is 0 Å². The topological polar surface area (TPSA) is 64.4 Å². The van der Waals surface area contributed by atoms with Gasteiger partial charge in [-0.2, -0.15) is 0 Å². The quantitative estimate of drug-likeness (QED) is 0.554. The van der Waals surface area contributed by atoms with Gasteiger partial charge in [0.05, 0.1) is 0 Å². The Morgan fingerprint density at radius 1 is 1.22 bits per heavy atom. The smallest absolute Gasteiger partial charge is 0.412 e. The Kier molecular flexibility index (Phi) is 4.99. The number of aromatic nitrogens is 1. The molecule has 1 aromatic heterocycles. The predicted molar refractivity (Wildman–Crippen MR) is 107 cm³/mol. The van der Waals surface area contributed by atoms with Gasteiger partial charge in [-0.25, -0.2) is 4.79 Å². The lowest BCUT2D eigenvalue weighted by atomic mass is 9.89. The van der Waals surface area contributed by atoms with Crippen LogP contribution < -0.4 is 5.32 Å². The van der Waals surface area contributed by atoms with Crippen molar-refractivity contribution in [2.45, 2.75) is 32.3 Å². The lowest BCUT2D eigenvalue weighted by molar-refractivity contribution is 0.0999. The van der Waals surface area contributed by atoms with E-state index in [0.717, 1.165) is 34.9 Å². The molecule has 2 aromatic carbocycles. The average molecular weight is 427 g/mol. The van der Waals surface area contributed by atoms with Gasteiger partial charge < -0.3 is 9.26 Å². The zero-order valence-electron chi connectivity index (χ0n) is 14.9. The molecule has 5 nitrogen and oxygen atoms in total. The molecular weight excluding hydrogens is 408 g/mol. The average Bonchev–Trinajstić information content (AvgIpc) is 3.03. The highest BCUT2D eigenvalue weighted by Crippen LogP contribution is 2.34. The highest BCUT2D eigenvalue weighted by Gasteiger charge is 2.25. The monoisotopic (exact) mass is 426 g/mol. The van der Waals surface area contributed by atoms with Crippen molar-refractivity contribution < 1.29 is 14.1 Å². The molecule has 0 bridgehead atoms. The first-order valence-corrected chi connectivity index (χ1v) is 9.69. The third kappa shape index (κ3) is 3.76. The van der Waals surface area contributed by atoms with Crippen molar-refractivity contribution >= 4 is 27.7 Å². The molecule has 0 saturated heterocycles. The fourth-order valence-corrected chi connectivity index (χ4v) is 3.67. The first-order chi connectivity index (χ1) is 13.1. The predicted octanol–water partition coefficient (Wildman–Crippen LogP) is 6.04. The van der Waals surface area contributed by atoms with E-state index in [1.54, 1.807) is 6.92 Å². The molecule has 6 heteroatoms. The molecule has 0 radical (unpaired) electrons. The number of anilines is 1. The van der Waals surface area contributed by atoms with Crippen LogP contribution in [0.5, 0.6) is 0 Å². The Balaban J connectivity index is 1.53. The number of hydrogen-bond acceptors (Lipinski definition) is 4. The van der Waals surface area contributed by atoms with Gasteiger partial charge in [-0.3, -0.25) is 5.32 Å². The van der Waals surface area contributed by atoms with Crippen LogP contribution in [-0.4, -0.2) is 11.2 Å². The van der Waals surface area contributed by atoms with Gasteiger partial charge >= 0.3 is 6.09 Å². The van der Waals surface area contributed by atoms with Crippen LogP contribution in [0.25, 0.3) is 11.3 Å². The first-order valence-electron chi connectivity index (χ1n) is 8.89. The number of hydrogen-bond donors (Lipinski definition) is 1. The Labute approximate surface area is 165 Å². The summed E-state index contributed by atoms with van der Waals surface area (Å²) in [5.41, 5.74) is 4.31. The van der Waals surface area contributed by atoms with Crippen LogP contribution in [-0.2, 0) is 11.2 Å². The van der Waals surface area contributed by atoms with E-state index in [9.17, 15) is 4.79 Å². The van der Waals surface area contributed by atoms with E-state index in [2.05, 4.69) is 32.5 Å². The van der Waals surface area contributed by atoms with Crippen LogP contribution in [0.15, 0.2) is 57.5 Å². The largest absolute Gasteiger partial charge is 0.441 e. The molecule has 1 aliphatic carbocycles. The molecule has 1 aliphatic rings. The molecule has 1 amide bonds. The summed E-state index contributed by atoms with van der Waals surface area (Å²) in [6, 6.07) is 15.8. The summed E-state index contributed by atoms with van der Waals surface area (Å²) in [5.74, 6) is 0.515. The van der Waals surface area contributed by atoms with Crippen molar-refractivity contribution in [3.63, 3.8) is 0 Å². The van der Waals surface area contributed by atoms with Gasteiger partial charge in [-0.15, -0.1) is 0 Å². The molecule has 3 aromatic rings. The molecule has 138 valence electrons. The van der Waals surface area contributed by atoms with Gasteiger partial charge in [-0.1, -0.05) is 45.4 Å². The molecule has 1 atom stereocenters. The maximum Gasteiger partial charge on any atom is 0.412 e. The van der Waals surface area contributed by atoms with E-state index in [0.29, 0.717) is 17.1 Å². The standard InChI is InChI=1S/C21H19BrN2O3/c1-13-19(20(27-24-13)15-9-11-16(22)12-10-15)23-21(25)26-18-8-4-6-14-5-2-3-7-17(14)18/h2-3,5,7,9-12,18H,4,6,8H2,1H3,(H,23,25). The lowest BCUT2D eigenvalue weighted by Crippen LogP contribution is -2.21. The molecular formula is C21H19BrN2O3. The summed E-state index contributed by atoms with van der Waals surface area (Å²) < 4.78 is 12.1. The maximum atomic E-state index is 12.6. The molecule has 1 heterocycles. The second kappa shape index (κ2) is 7.56. The maximum absolute atomic E-state index is 12.6. The van der Waals surface area contributed by atoms with E-state index < -0.39 is 6.09 Å². The second-order valence-electron chi connectivity index (χ2n) is 6.59. The normalized spacial score (nSPS) is 15.9. The Morgan fingerprint density at radius 3 is 2.81 bits per heavy atom. The van der Waals surface area contributed by atoms with Crippen LogP contribution in [0.1, 0.15) is 35.8 Å². The zero-order chi connectivity index (χ0) is 18.8. The van der Waals surface area contributed by atoms with Crippen molar-refractivity contribution in [2.24, 2.45) is 0 Å². The van der Waals surface area contributed by atoms with Crippen LogP contribution in [0.2, 0.25) is 0 Å². The Bertz CT molecular complexity index is 966. The molecule has 0 saturated carbocycles. The number of aryl methyl sites for hydroxylation is 2. The summed E-state index contributed by atoms with van der Waals surface area (Å²) in [6.45, 7) is 1.79. The molecule has 1 unspecified atom stereocenters. The lowest BCUT2D eigenvalue weighted by Gasteiger charge is -2.25. The van der Waals surface area contributed by atoms with Gasteiger partial charge in [0, 0.05) is 10.0 Å². The van der Waals surface area contributed by atoms with Gasteiger partial charge in [0.25, 0.3) is 0 Å². The van der Waals surface area contributed by atoms with Gasteiger partial charge in [0.1, 0.15) is 17.5 Å². The summed E-state index contributed by atoms with van der Waals surface area (Å²) >= 11 is 3.41. The molecule has 27 heavy (non-hydrogen) atoms. The van der Waals surface area contributed by atoms with Gasteiger partial charge in [0.15, 0.2) is 5.76 Å². The SMILES string of the molecule is Cc1noc(-c2ccc(Br)cc2)c1NC(=O)OC1CCCc2ccccc21. The van der Waals surface area contributed by atoms with Crippen molar-refractivity contribution in [2.75, 3.05) is 5.32 Å². The molecule has 0 spiro atoms. The second-order valence-corrected chi connectivity index (χ2v) is 7.50. The third-order valence-electron chi connectivity index (χ3n) is 4.76. The number of rotatable bonds is 3. The van der Waals surface area contributed by atoms with Crippen LogP contribution in [0.4, 0.5) is 10.5 Å². The number of nitrogens with zero attached hydrogens (tertiary/aromatic N) is 1. The zero-order valence-corrected chi connectivity index (χ0v) is 16.5. The number of carbonyl (C=O) groups excluding carboxylic acids is 1. The molecule has 1 N–H and O–H groups in total. The molecule has 4 rings (SSSR count). The van der Waals surface area contributed by atoms with Crippen molar-refractivity contribution in [1.82, 2.24) is 5.16 Å². The fourth-order valence-electron chi connectivity index (χ4n) is 3.41. The van der Waals surface area contributed by atoms with Gasteiger partial charge in [-0.05, 0) is 61.6 Å². The van der Waals surface area contributed by atoms with Crippen molar-refractivity contribution in [3.8, 4) is 11.3 Å². The minimum atomic E-state index is -0.499. The highest BCUT2D eigenvalue weighted by atomic mass is 79.9. The molecule has 0 fully saturated rings. The number of carbonyl (C=O) groups is 1. The van der Waals surface area contributed by atoms with Crippen LogP contribution in [0, 0.1) is 6.92 Å². The number of nitrogens with one attached hydrogen (secondary N) is 1. The van der Waals surface area contributed by atoms with E-state index in [1.165, 1.54) is 5.56 Å². The van der Waals surface area contributed by atoms with Crippen LogP contribution >= 0.6 is 15.9 Å². The summed E-state index contributed by atoms with van der Waals surface area (Å²) in [7, 11) is 0. The highest BCUT2D eigenvalue weighted by molar-refractivity contribution is 9.10. The van der Waals surface area contributed by atoms with Gasteiger partial charge in [0.2, 0.25) is 0 Å². The fraction of sp³-hybridized carbons (Fsp3) is 0.238. The number of amides is 1. The van der Waals surface area contributed by atoms with Crippen molar-refractivity contribution in [1.29, 1.82) is 0 Å².